The van der Waals surface area contributed by atoms with Crippen LogP contribution in [0.15, 0.2) is 17.5 Å². The van der Waals surface area contributed by atoms with Crippen LogP contribution >= 0.6 is 0 Å². The minimum Gasteiger partial charge on any atom is -0.480 e. The van der Waals surface area contributed by atoms with E-state index in [2.05, 4.69) is 25.6 Å². The number of hydrogen-bond donors (Lipinski definition) is 10. The van der Waals surface area contributed by atoms with Crippen molar-refractivity contribution in [2.24, 2.45) is 33.7 Å². The number of nitrogens with one attached hydrogen (secondary N) is 4. The summed E-state index contributed by atoms with van der Waals surface area (Å²) in [5, 5.41) is 16.0. The highest BCUT2D eigenvalue weighted by Crippen LogP contribution is 2.04. The molecule has 0 spiro atoms. The van der Waals surface area contributed by atoms with Crippen LogP contribution in [0.2, 0.25) is 0 Å². The van der Waals surface area contributed by atoms with Gasteiger partial charge in [-0.3, -0.25) is 29.0 Å². The van der Waals surface area contributed by atoms with Crippen molar-refractivity contribution < 1.29 is 33.9 Å². The third kappa shape index (κ3) is 11.8. The van der Waals surface area contributed by atoms with Gasteiger partial charge < -0.3 is 54.7 Å². The van der Waals surface area contributed by atoms with E-state index in [0.29, 0.717) is 12.1 Å². The van der Waals surface area contributed by atoms with Gasteiger partial charge in [-0.25, -0.2) is 9.78 Å². The molecule has 0 aliphatic heterocycles. The summed E-state index contributed by atoms with van der Waals surface area (Å²) in [5.41, 5.74) is 27.0. The molecule has 1 rings (SSSR count). The van der Waals surface area contributed by atoms with Gasteiger partial charge in [-0.15, -0.1) is 0 Å². The lowest BCUT2D eigenvalue weighted by Crippen LogP contribution is -2.58. The van der Waals surface area contributed by atoms with E-state index in [1.807, 2.05) is 5.32 Å². The maximum Gasteiger partial charge on any atom is 0.326 e. The number of guanidine groups is 1. The zero-order valence-corrected chi connectivity index (χ0v) is 20.4. The molecule has 38 heavy (non-hydrogen) atoms. The maximum atomic E-state index is 13.1. The normalized spacial score (nSPS) is 13.7. The minimum absolute atomic E-state index is 0.109. The van der Waals surface area contributed by atoms with Crippen LogP contribution in [0.4, 0.5) is 0 Å². The second-order valence-corrected chi connectivity index (χ2v) is 8.20. The summed E-state index contributed by atoms with van der Waals surface area (Å²) in [6, 6.07) is -5.68. The number of carbonyl (C=O) groups is 6. The summed E-state index contributed by atoms with van der Waals surface area (Å²) in [7, 11) is 0. The topological polar surface area (TPSA) is 330 Å². The molecule has 0 fully saturated rings. The van der Waals surface area contributed by atoms with Gasteiger partial charge in [0.2, 0.25) is 29.5 Å². The Morgan fingerprint density at radius 2 is 1.45 bits per heavy atom. The van der Waals surface area contributed by atoms with Crippen LogP contribution in [0.25, 0.3) is 0 Å². The molecular formula is C20H33N11O7. The first-order chi connectivity index (χ1) is 17.8. The van der Waals surface area contributed by atoms with Crippen molar-refractivity contribution in [2.45, 2.75) is 56.3 Å². The molecular weight excluding hydrogens is 506 g/mol. The number of aliphatic imine (C=N–C) groups is 1. The monoisotopic (exact) mass is 539 g/mol. The van der Waals surface area contributed by atoms with Crippen molar-refractivity contribution in [3.8, 4) is 0 Å². The Balaban J connectivity index is 3.01. The number of carbonyl (C=O) groups excluding carboxylic acids is 5. The Kier molecular flexibility index (Phi) is 12.7. The fraction of sp³-hybridized carbons (Fsp3) is 0.500. The molecule has 0 saturated carbocycles. The molecule has 0 aromatic carbocycles. The van der Waals surface area contributed by atoms with Crippen molar-refractivity contribution in [3.05, 3.63) is 18.2 Å². The minimum atomic E-state index is -1.72. The van der Waals surface area contributed by atoms with E-state index in [4.69, 9.17) is 28.7 Å². The quantitative estimate of drug-likeness (QED) is 0.0505. The summed E-state index contributed by atoms with van der Waals surface area (Å²) in [6.45, 7) is 0.234. The van der Waals surface area contributed by atoms with Gasteiger partial charge in [0.15, 0.2) is 5.96 Å². The Labute approximate surface area is 216 Å². The SMILES string of the molecule is NC(=O)CC(NC(=O)C(CC(N)=O)NC(=O)C(Cc1cnc[nH]1)NC(=O)C(N)CCCN=C(N)N)C(=O)O. The number of hydrogen-bond acceptors (Lipinski definition) is 9. The van der Waals surface area contributed by atoms with Gasteiger partial charge in [0.25, 0.3) is 0 Å². The van der Waals surface area contributed by atoms with Crippen LogP contribution in [-0.2, 0) is 35.2 Å². The van der Waals surface area contributed by atoms with Crippen molar-refractivity contribution in [2.75, 3.05) is 6.54 Å². The molecule has 4 unspecified atom stereocenters. The number of carboxylic acid groups (broad SMARTS) is 1. The largest absolute Gasteiger partial charge is 0.480 e. The molecule has 4 atom stereocenters. The standard InChI is InChI=1S/C20H33N11O7/c21-10(2-1-3-27-20(24)25)16(34)29-11(4-9-7-26-8-28-9)17(35)30-12(5-14(22)32)18(36)31-13(19(37)38)6-15(23)33/h7-8,10-13H,1-6,21H2,(H2,22,32)(H2,23,33)(H,26,28)(H,29,34)(H,30,35)(H,31,36)(H,37,38)(H4,24,25,27). The highest BCUT2D eigenvalue weighted by molar-refractivity contribution is 5.96. The van der Waals surface area contributed by atoms with Crippen LogP contribution < -0.4 is 44.6 Å². The van der Waals surface area contributed by atoms with Gasteiger partial charge in [-0.2, -0.15) is 0 Å². The predicted molar refractivity (Wildman–Crippen MR) is 131 cm³/mol. The number of primary amides is 2. The average molecular weight is 540 g/mol. The average Bonchev–Trinajstić information content (AvgIpc) is 3.32. The van der Waals surface area contributed by atoms with Gasteiger partial charge in [0, 0.05) is 24.9 Å². The fourth-order valence-electron chi connectivity index (χ4n) is 3.11. The Morgan fingerprint density at radius 1 is 0.895 bits per heavy atom. The summed E-state index contributed by atoms with van der Waals surface area (Å²) < 4.78 is 0. The molecule has 0 saturated heterocycles. The highest BCUT2D eigenvalue weighted by Gasteiger charge is 2.32. The van der Waals surface area contributed by atoms with Crippen molar-refractivity contribution >= 4 is 41.5 Å². The number of nitrogens with two attached hydrogens (primary N) is 5. The summed E-state index contributed by atoms with van der Waals surface area (Å²) in [4.78, 5) is 82.8. The number of aliphatic carboxylic acids is 1. The first-order valence-corrected chi connectivity index (χ1v) is 11.3. The van der Waals surface area contributed by atoms with Crippen molar-refractivity contribution in [1.29, 1.82) is 0 Å². The van der Waals surface area contributed by atoms with Gasteiger partial charge in [0.1, 0.15) is 18.1 Å². The molecule has 18 nitrogen and oxygen atoms in total. The lowest BCUT2D eigenvalue weighted by molar-refractivity contribution is -0.144. The number of rotatable bonds is 17. The first-order valence-electron chi connectivity index (χ1n) is 11.3. The fourth-order valence-corrected chi connectivity index (χ4v) is 3.11. The molecule has 0 bridgehead atoms. The summed E-state index contributed by atoms with van der Waals surface area (Å²) >= 11 is 0. The van der Waals surface area contributed by atoms with E-state index in [-0.39, 0.29) is 25.3 Å². The van der Waals surface area contributed by atoms with Crippen LogP contribution in [-0.4, -0.2) is 87.3 Å². The van der Waals surface area contributed by atoms with Crippen LogP contribution in [0.3, 0.4) is 0 Å². The second kappa shape index (κ2) is 15.4. The summed E-state index contributed by atoms with van der Waals surface area (Å²) in [5.74, 6) is -6.41. The Bertz CT molecular complexity index is 1020. The van der Waals surface area contributed by atoms with E-state index in [0.717, 1.165) is 0 Å². The smallest absolute Gasteiger partial charge is 0.326 e. The zero-order valence-electron chi connectivity index (χ0n) is 20.4. The number of carboxylic acids is 1. The predicted octanol–water partition coefficient (Wildman–Crippen LogP) is -5.38. The van der Waals surface area contributed by atoms with Crippen molar-refractivity contribution in [1.82, 2.24) is 25.9 Å². The third-order valence-electron chi connectivity index (χ3n) is 4.97. The zero-order chi connectivity index (χ0) is 28.8. The highest BCUT2D eigenvalue weighted by atomic mass is 16.4. The van der Waals surface area contributed by atoms with Crippen LogP contribution in [0.5, 0.6) is 0 Å². The molecule has 210 valence electrons. The molecule has 5 amide bonds. The van der Waals surface area contributed by atoms with Gasteiger partial charge in [0.05, 0.1) is 25.2 Å². The lowest BCUT2D eigenvalue weighted by Gasteiger charge is -2.24. The molecule has 15 N–H and O–H groups in total. The summed E-state index contributed by atoms with van der Waals surface area (Å²) in [6.07, 6.45) is 1.74. The number of amides is 5. The van der Waals surface area contributed by atoms with Gasteiger partial charge >= 0.3 is 5.97 Å². The van der Waals surface area contributed by atoms with Crippen molar-refractivity contribution in [3.63, 3.8) is 0 Å². The third-order valence-corrected chi connectivity index (χ3v) is 4.97. The number of aromatic amines is 1. The van der Waals surface area contributed by atoms with E-state index < -0.39 is 72.5 Å². The number of aromatic nitrogens is 2. The number of nitrogens with zero attached hydrogens (tertiary/aromatic N) is 2. The van der Waals surface area contributed by atoms with E-state index in [9.17, 15) is 33.9 Å². The maximum absolute atomic E-state index is 13.1. The van der Waals surface area contributed by atoms with E-state index in [1.54, 1.807) is 0 Å². The lowest BCUT2D eigenvalue weighted by atomic mass is 10.1. The molecule has 0 aliphatic carbocycles. The van der Waals surface area contributed by atoms with Crippen LogP contribution in [0.1, 0.15) is 31.4 Å². The molecule has 1 heterocycles. The van der Waals surface area contributed by atoms with Gasteiger partial charge in [-0.1, -0.05) is 0 Å². The molecule has 0 radical (unpaired) electrons. The Hall–Kier alpha value is -4.74. The van der Waals surface area contributed by atoms with E-state index in [1.165, 1.54) is 12.5 Å². The molecule has 1 aromatic rings. The Morgan fingerprint density at radius 3 is 1.97 bits per heavy atom. The first kappa shape index (κ1) is 31.3. The molecule has 0 aliphatic rings. The number of H-pyrrole nitrogens is 1. The van der Waals surface area contributed by atoms with Gasteiger partial charge in [-0.05, 0) is 12.8 Å². The second-order valence-electron chi connectivity index (χ2n) is 8.20. The van der Waals surface area contributed by atoms with E-state index >= 15 is 0 Å². The number of imidazole rings is 1. The molecule has 1 aromatic heterocycles. The molecule has 18 heteroatoms. The van der Waals surface area contributed by atoms with Crippen LogP contribution in [0, 0.1) is 0 Å².